The predicted molar refractivity (Wildman–Crippen MR) is 120 cm³/mol. The van der Waals surface area contributed by atoms with Gasteiger partial charge in [-0.2, -0.15) is 4.98 Å². The van der Waals surface area contributed by atoms with Crippen molar-refractivity contribution < 1.29 is 22.1 Å². The average molecular weight is 473 g/mol. The van der Waals surface area contributed by atoms with Crippen LogP contribution in [0.15, 0.2) is 51.9 Å². The second kappa shape index (κ2) is 9.40. The summed E-state index contributed by atoms with van der Waals surface area (Å²) >= 11 is 0. The molecule has 2 aromatic carbocycles. The van der Waals surface area contributed by atoms with Crippen molar-refractivity contribution in [3.63, 3.8) is 0 Å². The number of nitrogens with zero attached hydrogens (tertiary/aromatic N) is 3. The van der Waals surface area contributed by atoms with Gasteiger partial charge in [0.2, 0.25) is 21.7 Å². The highest BCUT2D eigenvalue weighted by Gasteiger charge is 2.30. The first-order valence-corrected chi connectivity index (χ1v) is 12.3. The third kappa shape index (κ3) is 4.96. The van der Waals surface area contributed by atoms with Crippen molar-refractivity contribution in [3.8, 4) is 11.4 Å². The molecule has 4 rings (SSSR count). The van der Waals surface area contributed by atoms with E-state index in [1.54, 1.807) is 36.9 Å². The molecule has 1 atom stereocenters. The van der Waals surface area contributed by atoms with Gasteiger partial charge in [-0.05, 0) is 49.6 Å². The van der Waals surface area contributed by atoms with E-state index in [0.717, 1.165) is 12.8 Å². The molecule has 1 unspecified atom stereocenters. The summed E-state index contributed by atoms with van der Waals surface area (Å²) in [4.78, 5) is 19.5. The van der Waals surface area contributed by atoms with E-state index in [1.165, 1.54) is 24.3 Å². The van der Waals surface area contributed by atoms with Gasteiger partial charge in [-0.25, -0.2) is 17.5 Å². The van der Waals surface area contributed by atoms with E-state index in [9.17, 15) is 17.6 Å². The molecule has 1 amide bonds. The van der Waals surface area contributed by atoms with E-state index in [4.69, 9.17) is 4.52 Å². The van der Waals surface area contributed by atoms with Crippen molar-refractivity contribution in [3.05, 3.63) is 65.3 Å². The van der Waals surface area contributed by atoms with Crippen LogP contribution in [0.4, 0.5) is 4.39 Å². The van der Waals surface area contributed by atoms with E-state index in [-0.39, 0.29) is 29.1 Å². The normalized spacial score (nSPS) is 16.7. The molecule has 2 heterocycles. The standard InChI is InChI=1S/C23H25FN4O4S/c1-3-25-33(30,31)19-10-9-15(2)20(13-19)23(29)28-11-5-7-17(14-28)22-26-21(27-32-22)16-6-4-8-18(24)12-16/h4,6,8-10,12-13,17,25H,3,5,7,11,14H2,1-2H3. The number of piperidine rings is 1. The minimum Gasteiger partial charge on any atom is -0.339 e. The van der Waals surface area contributed by atoms with Crippen LogP contribution >= 0.6 is 0 Å². The van der Waals surface area contributed by atoms with E-state index in [0.29, 0.717) is 41.5 Å². The zero-order valence-electron chi connectivity index (χ0n) is 18.4. The summed E-state index contributed by atoms with van der Waals surface area (Å²) in [7, 11) is -3.68. The molecule has 0 aliphatic carbocycles. The zero-order valence-corrected chi connectivity index (χ0v) is 19.2. The van der Waals surface area contributed by atoms with Crippen molar-refractivity contribution in [2.24, 2.45) is 0 Å². The van der Waals surface area contributed by atoms with Gasteiger partial charge in [-0.1, -0.05) is 30.3 Å². The lowest BCUT2D eigenvalue weighted by Gasteiger charge is -2.31. The number of hydrogen-bond donors (Lipinski definition) is 1. The monoisotopic (exact) mass is 472 g/mol. The molecule has 0 bridgehead atoms. The molecule has 1 saturated heterocycles. The molecule has 33 heavy (non-hydrogen) atoms. The van der Waals surface area contributed by atoms with E-state index >= 15 is 0 Å². The Kier molecular flexibility index (Phi) is 6.57. The lowest BCUT2D eigenvalue weighted by Crippen LogP contribution is -2.39. The van der Waals surface area contributed by atoms with Crippen LogP contribution in [0, 0.1) is 12.7 Å². The maximum atomic E-state index is 13.5. The Morgan fingerprint density at radius 2 is 2.09 bits per heavy atom. The number of hydrogen-bond acceptors (Lipinski definition) is 6. The first kappa shape index (κ1) is 23.1. The number of aryl methyl sites for hydroxylation is 1. The van der Waals surface area contributed by atoms with Crippen LogP contribution in [-0.2, 0) is 10.0 Å². The summed E-state index contributed by atoms with van der Waals surface area (Å²) in [5, 5.41) is 3.97. The zero-order chi connectivity index (χ0) is 23.6. The van der Waals surface area contributed by atoms with Crippen molar-refractivity contribution in [2.45, 2.75) is 37.5 Å². The summed E-state index contributed by atoms with van der Waals surface area (Å²) in [6, 6.07) is 10.5. The Labute approximate surface area is 191 Å². The molecule has 0 radical (unpaired) electrons. The fourth-order valence-electron chi connectivity index (χ4n) is 3.95. The molecule has 8 nitrogen and oxygen atoms in total. The van der Waals surface area contributed by atoms with Gasteiger partial charge in [-0.15, -0.1) is 0 Å². The topological polar surface area (TPSA) is 105 Å². The second-order valence-electron chi connectivity index (χ2n) is 8.03. The lowest BCUT2D eigenvalue weighted by molar-refractivity contribution is 0.0694. The Balaban J connectivity index is 1.54. The van der Waals surface area contributed by atoms with Crippen LogP contribution in [0.1, 0.15) is 47.5 Å². The van der Waals surface area contributed by atoms with Gasteiger partial charge >= 0.3 is 0 Å². The molecular formula is C23H25FN4O4S. The number of rotatable bonds is 6. The smallest absolute Gasteiger partial charge is 0.254 e. The SMILES string of the molecule is CCNS(=O)(=O)c1ccc(C)c(C(=O)N2CCCC(c3nc(-c4cccc(F)c4)no3)C2)c1. The molecule has 174 valence electrons. The maximum absolute atomic E-state index is 13.5. The number of carbonyl (C=O) groups is 1. The van der Waals surface area contributed by atoms with Gasteiger partial charge in [0, 0.05) is 30.8 Å². The second-order valence-corrected chi connectivity index (χ2v) is 9.80. The van der Waals surface area contributed by atoms with E-state index < -0.39 is 10.0 Å². The minimum atomic E-state index is -3.68. The highest BCUT2D eigenvalue weighted by Crippen LogP contribution is 2.29. The number of aromatic nitrogens is 2. The summed E-state index contributed by atoms with van der Waals surface area (Å²) in [5.74, 6) is -0.0961. The van der Waals surface area contributed by atoms with Crippen LogP contribution in [0.2, 0.25) is 0 Å². The fourth-order valence-corrected chi connectivity index (χ4v) is 5.02. The van der Waals surface area contributed by atoms with Crippen LogP contribution in [0.25, 0.3) is 11.4 Å². The molecule has 1 aliphatic rings. The molecule has 0 spiro atoms. The molecular weight excluding hydrogens is 447 g/mol. The minimum absolute atomic E-state index is 0.0588. The number of halogens is 1. The largest absolute Gasteiger partial charge is 0.339 e. The van der Waals surface area contributed by atoms with Crippen molar-refractivity contribution >= 4 is 15.9 Å². The molecule has 10 heteroatoms. The van der Waals surface area contributed by atoms with Crippen LogP contribution in [-0.4, -0.2) is 49.0 Å². The summed E-state index contributed by atoms with van der Waals surface area (Å²) in [6.07, 6.45) is 1.50. The summed E-state index contributed by atoms with van der Waals surface area (Å²) in [6.45, 7) is 4.65. The predicted octanol–water partition coefficient (Wildman–Crippen LogP) is 3.50. The van der Waals surface area contributed by atoms with Crippen LogP contribution in [0.5, 0.6) is 0 Å². The van der Waals surface area contributed by atoms with Crippen molar-refractivity contribution in [2.75, 3.05) is 19.6 Å². The van der Waals surface area contributed by atoms with Gasteiger partial charge in [-0.3, -0.25) is 4.79 Å². The number of benzene rings is 2. The number of nitrogens with one attached hydrogen (secondary N) is 1. The van der Waals surface area contributed by atoms with Crippen LogP contribution in [0.3, 0.4) is 0 Å². The summed E-state index contributed by atoms with van der Waals surface area (Å²) < 4.78 is 46.2. The first-order valence-electron chi connectivity index (χ1n) is 10.8. The molecule has 1 aliphatic heterocycles. The third-order valence-corrected chi connectivity index (χ3v) is 7.21. The molecule has 3 aromatic rings. The van der Waals surface area contributed by atoms with Crippen LogP contribution < -0.4 is 4.72 Å². The third-order valence-electron chi connectivity index (χ3n) is 5.67. The van der Waals surface area contributed by atoms with Gasteiger partial charge < -0.3 is 9.42 Å². The van der Waals surface area contributed by atoms with Crippen molar-refractivity contribution in [1.82, 2.24) is 19.8 Å². The Morgan fingerprint density at radius 1 is 1.27 bits per heavy atom. The highest BCUT2D eigenvalue weighted by atomic mass is 32.2. The molecule has 1 fully saturated rings. The number of sulfonamides is 1. The van der Waals surface area contributed by atoms with Gasteiger partial charge in [0.1, 0.15) is 5.82 Å². The van der Waals surface area contributed by atoms with Gasteiger partial charge in [0.05, 0.1) is 10.8 Å². The first-order chi connectivity index (χ1) is 15.8. The van der Waals surface area contributed by atoms with Gasteiger partial charge in [0.25, 0.3) is 5.91 Å². The molecule has 0 saturated carbocycles. The van der Waals surface area contributed by atoms with E-state index in [2.05, 4.69) is 14.9 Å². The maximum Gasteiger partial charge on any atom is 0.254 e. The van der Waals surface area contributed by atoms with Gasteiger partial charge in [0.15, 0.2) is 0 Å². The molecule has 1 aromatic heterocycles. The Hall–Kier alpha value is -3.11. The number of likely N-dealkylation sites (tertiary alicyclic amines) is 1. The number of carbonyl (C=O) groups excluding carboxylic acids is 1. The Morgan fingerprint density at radius 3 is 2.85 bits per heavy atom. The Bertz CT molecular complexity index is 1270. The quantitative estimate of drug-likeness (QED) is 0.589. The molecule has 1 N–H and O–H groups in total. The highest BCUT2D eigenvalue weighted by molar-refractivity contribution is 7.89. The van der Waals surface area contributed by atoms with Crippen molar-refractivity contribution in [1.29, 1.82) is 0 Å². The fraction of sp³-hybridized carbons (Fsp3) is 0.348. The summed E-state index contributed by atoms with van der Waals surface area (Å²) in [5.41, 5.74) is 1.56. The lowest BCUT2D eigenvalue weighted by atomic mass is 9.96. The number of amides is 1. The van der Waals surface area contributed by atoms with E-state index in [1.807, 2.05) is 0 Å². The average Bonchev–Trinajstić information content (AvgIpc) is 3.29.